The Morgan fingerprint density at radius 2 is 1.83 bits per heavy atom. The first-order chi connectivity index (χ1) is 8.78. The molecule has 0 saturated heterocycles. The zero-order chi connectivity index (χ0) is 12.8. The van der Waals surface area contributed by atoms with Gasteiger partial charge in [0.25, 0.3) is 0 Å². The Balaban J connectivity index is 1.81. The van der Waals surface area contributed by atoms with E-state index in [1.807, 2.05) is 41.1 Å². The molecule has 18 heavy (non-hydrogen) atoms. The van der Waals surface area contributed by atoms with Crippen LogP contribution < -0.4 is 11.1 Å². The number of nitrogens with one attached hydrogen (secondary N) is 1. The highest BCUT2D eigenvalue weighted by Gasteiger charge is 2.03. The molecular formula is C14H16N2OS. The van der Waals surface area contributed by atoms with Crippen LogP contribution >= 0.6 is 11.3 Å². The normalized spacial score (nSPS) is 10.3. The molecule has 1 aromatic carbocycles. The third-order valence-electron chi connectivity index (χ3n) is 2.69. The summed E-state index contributed by atoms with van der Waals surface area (Å²) >= 11 is 1.61. The minimum Gasteiger partial charge on any atom is -0.352 e. The molecule has 0 aliphatic rings. The fourth-order valence-electron chi connectivity index (χ4n) is 1.63. The lowest BCUT2D eigenvalue weighted by Gasteiger charge is -2.05. The Kier molecular flexibility index (Phi) is 4.50. The quantitative estimate of drug-likeness (QED) is 0.864. The average Bonchev–Trinajstić information content (AvgIpc) is 2.90. The highest BCUT2D eigenvalue weighted by Crippen LogP contribution is 2.07. The maximum absolute atomic E-state index is 11.7. The van der Waals surface area contributed by atoms with E-state index in [2.05, 4.69) is 5.32 Å². The molecule has 0 saturated carbocycles. The summed E-state index contributed by atoms with van der Waals surface area (Å²) in [4.78, 5) is 11.7. The van der Waals surface area contributed by atoms with Crippen LogP contribution in [-0.4, -0.2) is 5.91 Å². The van der Waals surface area contributed by atoms with Crippen LogP contribution in [0.2, 0.25) is 0 Å². The lowest BCUT2D eigenvalue weighted by atomic mass is 10.1. The van der Waals surface area contributed by atoms with Gasteiger partial charge < -0.3 is 11.1 Å². The minimum atomic E-state index is 0.0521. The van der Waals surface area contributed by atoms with Crippen LogP contribution in [0.5, 0.6) is 0 Å². The van der Waals surface area contributed by atoms with Gasteiger partial charge in [-0.05, 0) is 33.5 Å². The Labute approximate surface area is 111 Å². The van der Waals surface area contributed by atoms with E-state index < -0.39 is 0 Å². The molecule has 1 heterocycles. The first-order valence-electron chi connectivity index (χ1n) is 5.83. The number of carbonyl (C=O) groups excluding carboxylic acids is 1. The van der Waals surface area contributed by atoms with Gasteiger partial charge in [0, 0.05) is 13.1 Å². The first-order valence-corrected chi connectivity index (χ1v) is 6.78. The molecule has 4 heteroatoms. The topological polar surface area (TPSA) is 55.1 Å². The van der Waals surface area contributed by atoms with Crippen molar-refractivity contribution in [2.75, 3.05) is 0 Å². The number of amides is 1. The summed E-state index contributed by atoms with van der Waals surface area (Å²) in [6, 6.07) is 9.93. The molecule has 0 unspecified atom stereocenters. The lowest BCUT2D eigenvalue weighted by Crippen LogP contribution is -2.24. The van der Waals surface area contributed by atoms with Crippen molar-refractivity contribution in [3.8, 4) is 0 Å². The molecule has 1 aromatic heterocycles. The number of thiophene rings is 1. The zero-order valence-corrected chi connectivity index (χ0v) is 10.9. The maximum atomic E-state index is 11.7. The van der Waals surface area contributed by atoms with Crippen molar-refractivity contribution in [1.82, 2.24) is 5.32 Å². The fourth-order valence-corrected chi connectivity index (χ4v) is 2.30. The van der Waals surface area contributed by atoms with E-state index in [9.17, 15) is 4.79 Å². The summed E-state index contributed by atoms with van der Waals surface area (Å²) in [5.41, 5.74) is 8.78. The van der Waals surface area contributed by atoms with Crippen molar-refractivity contribution in [3.05, 3.63) is 57.8 Å². The molecule has 94 valence electrons. The Morgan fingerprint density at radius 3 is 2.44 bits per heavy atom. The Morgan fingerprint density at radius 1 is 1.11 bits per heavy atom. The van der Waals surface area contributed by atoms with E-state index >= 15 is 0 Å². The van der Waals surface area contributed by atoms with Crippen LogP contribution in [0.25, 0.3) is 0 Å². The minimum absolute atomic E-state index is 0.0521. The van der Waals surface area contributed by atoms with Crippen molar-refractivity contribution in [2.24, 2.45) is 5.73 Å². The average molecular weight is 260 g/mol. The highest BCUT2D eigenvalue weighted by atomic mass is 32.1. The zero-order valence-electron chi connectivity index (χ0n) is 10.1. The fraction of sp³-hybridized carbons (Fsp3) is 0.214. The Hall–Kier alpha value is -1.65. The standard InChI is InChI=1S/C14H16N2OS/c15-8-11-1-3-12(4-2-11)9-16-14(17)7-13-5-6-18-10-13/h1-6,10H,7-9,15H2,(H,16,17). The molecule has 2 aromatic rings. The van der Waals surface area contributed by atoms with Crippen LogP contribution in [0.4, 0.5) is 0 Å². The number of rotatable bonds is 5. The predicted octanol–water partition coefficient (Wildman–Crippen LogP) is 2.07. The van der Waals surface area contributed by atoms with Gasteiger partial charge in [0.05, 0.1) is 6.42 Å². The highest BCUT2D eigenvalue weighted by molar-refractivity contribution is 7.07. The number of benzene rings is 1. The summed E-state index contributed by atoms with van der Waals surface area (Å²) < 4.78 is 0. The van der Waals surface area contributed by atoms with Gasteiger partial charge in [-0.25, -0.2) is 0 Å². The van der Waals surface area contributed by atoms with Crippen molar-refractivity contribution in [3.63, 3.8) is 0 Å². The van der Waals surface area contributed by atoms with Crippen LogP contribution in [-0.2, 0) is 24.3 Å². The van der Waals surface area contributed by atoms with Gasteiger partial charge in [0.2, 0.25) is 5.91 Å². The van der Waals surface area contributed by atoms with Gasteiger partial charge in [-0.15, -0.1) is 0 Å². The molecule has 0 aliphatic heterocycles. The maximum Gasteiger partial charge on any atom is 0.224 e. The number of carbonyl (C=O) groups is 1. The monoisotopic (exact) mass is 260 g/mol. The van der Waals surface area contributed by atoms with E-state index in [-0.39, 0.29) is 5.91 Å². The molecular weight excluding hydrogens is 244 g/mol. The molecule has 0 aliphatic carbocycles. The summed E-state index contributed by atoms with van der Waals surface area (Å²) in [6.45, 7) is 1.11. The smallest absolute Gasteiger partial charge is 0.224 e. The van der Waals surface area contributed by atoms with Gasteiger partial charge in [0.1, 0.15) is 0 Å². The van der Waals surface area contributed by atoms with E-state index in [1.165, 1.54) is 0 Å². The van der Waals surface area contributed by atoms with Crippen LogP contribution in [0.1, 0.15) is 16.7 Å². The van der Waals surface area contributed by atoms with Crippen LogP contribution in [0.15, 0.2) is 41.1 Å². The second kappa shape index (κ2) is 6.33. The van der Waals surface area contributed by atoms with Crippen LogP contribution in [0, 0.1) is 0 Å². The summed E-state index contributed by atoms with van der Waals surface area (Å²) in [6.07, 6.45) is 0.449. The molecule has 0 fully saturated rings. The number of hydrogen-bond donors (Lipinski definition) is 2. The molecule has 0 radical (unpaired) electrons. The van der Waals surface area contributed by atoms with Gasteiger partial charge in [-0.2, -0.15) is 11.3 Å². The molecule has 2 rings (SSSR count). The predicted molar refractivity (Wildman–Crippen MR) is 74.2 cm³/mol. The third-order valence-corrected chi connectivity index (χ3v) is 3.43. The second-order valence-electron chi connectivity index (χ2n) is 4.11. The number of hydrogen-bond acceptors (Lipinski definition) is 3. The lowest BCUT2D eigenvalue weighted by molar-refractivity contribution is -0.120. The molecule has 3 nitrogen and oxygen atoms in total. The largest absolute Gasteiger partial charge is 0.352 e. The van der Waals surface area contributed by atoms with E-state index in [0.29, 0.717) is 19.5 Å². The molecule has 0 bridgehead atoms. The van der Waals surface area contributed by atoms with Gasteiger partial charge in [-0.3, -0.25) is 4.79 Å². The van der Waals surface area contributed by atoms with Crippen molar-refractivity contribution >= 4 is 17.2 Å². The molecule has 1 amide bonds. The van der Waals surface area contributed by atoms with Gasteiger partial charge in [-0.1, -0.05) is 24.3 Å². The van der Waals surface area contributed by atoms with Crippen molar-refractivity contribution < 1.29 is 4.79 Å². The van der Waals surface area contributed by atoms with E-state index in [4.69, 9.17) is 5.73 Å². The van der Waals surface area contributed by atoms with Crippen molar-refractivity contribution in [1.29, 1.82) is 0 Å². The van der Waals surface area contributed by atoms with E-state index in [0.717, 1.165) is 16.7 Å². The van der Waals surface area contributed by atoms with Gasteiger partial charge in [0.15, 0.2) is 0 Å². The number of nitrogens with two attached hydrogens (primary N) is 1. The van der Waals surface area contributed by atoms with Crippen LogP contribution in [0.3, 0.4) is 0 Å². The summed E-state index contributed by atoms with van der Waals surface area (Å²) in [5.74, 6) is 0.0521. The second-order valence-corrected chi connectivity index (χ2v) is 4.89. The van der Waals surface area contributed by atoms with Crippen molar-refractivity contribution in [2.45, 2.75) is 19.5 Å². The molecule has 0 spiro atoms. The summed E-state index contributed by atoms with van der Waals surface area (Å²) in [7, 11) is 0. The SMILES string of the molecule is NCc1ccc(CNC(=O)Cc2ccsc2)cc1. The molecule has 3 N–H and O–H groups in total. The Bertz CT molecular complexity index is 491. The first kappa shape index (κ1) is 12.8. The van der Waals surface area contributed by atoms with E-state index in [1.54, 1.807) is 11.3 Å². The van der Waals surface area contributed by atoms with Gasteiger partial charge >= 0.3 is 0 Å². The third kappa shape index (κ3) is 3.68. The summed E-state index contributed by atoms with van der Waals surface area (Å²) in [5, 5.41) is 6.89. The molecule has 0 atom stereocenters.